The van der Waals surface area contributed by atoms with E-state index in [1.807, 2.05) is 30.3 Å². The summed E-state index contributed by atoms with van der Waals surface area (Å²) in [6.07, 6.45) is 0.759. The fourth-order valence-electron chi connectivity index (χ4n) is 5.25. The van der Waals surface area contributed by atoms with Crippen molar-refractivity contribution in [3.63, 3.8) is 0 Å². The lowest BCUT2D eigenvalue weighted by molar-refractivity contribution is 0.0599. The van der Waals surface area contributed by atoms with Crippen LogP contribution in [0.2, 0.25) is 0 Å². The quantitative estimate of drug-likeness (QED) is 0.251. The first-order valence-corrected chi connectivity index (χ1v) is 12.7. The molecule has 1 atom stereocenters. The molecule has 5 rings (SSSR count). The van der Waals surface area contributed by atoms with Crippen molar-refractivity contribution in [2.45, 2.75) is 26.3 Å². The normalized spacial score (nSPS) is 15.1. The van der Waals surface area contributed by atoms with E-state index >= 15 is 0 Å². The summed E-state index contributed by atoms with van der Waals surface area (Å²) in [6, 6.07) is 17.6. The van der Waals surface area contributed by atoms with Gasteiger partial charge in [-0.2, -0.15) is 0 Å². The Kier molecular flexibility index (Phi) is 6.80. The number of carbonyl (C=O) groups excluding carboxylic acids is 2. The number of rotatable bonds is 8. The number of amides is 1. The zero-order valence-corrected chi connectivity index (χ0v) is 21.3. The van der Waals surface area contributed by atoms with Gasteiger partial charge in [-0.1, -0.05) is 56.3 Å². The lowest BCUT2D eigenvalue weighted by atomic mass is 9.96. The minimum atomic E-state index is -0.599. The highest BCUT2D eigenvalue weighted by molar-refractivity contribution is 6.06. The summed E-state index contributed by atoms with van der Waals surface area (Å²) < 4.78 is 11.1. The van der Waals surface area contributed by atoms with Crippen molar-refractivity contribution in [1.82, 2.24) is 9.80 Å². The molecule has 0 aliphatic carbocycles. The summed E-state index contributed by atoms with van der Waals surface area (Å²) in [5.41, 5.74) is 1.72. The SMILES string of the molecule is CCN(CC)CCCN1C(=O)c2oc3c(ccc4ccccc43)c(=O)c2C1c1ccc(C(=O)OC)cc1. The van der Waals surface area contributed by atoms with Crippen molar-refractivity contribution in [3.05, 3.63) is 93.3 Å². The number of carbonyl (C=O) groups is 2. The summed E-state index contributed by atoms with van der Waals surface area (Å²) in [5.74, 6) is -0.634. The van der Waals surface area contributed by atoms with Crippen molar-refractivity contribution >= 4 is 33.6 Å². The Balaban J connectivity index is 1.64. The van der Waals surface area contributed by atoms with Crippen LogP contribution in [0.5, 0.6) is 0 Å². The number of nitrogens with zero attached hydrogens (tertiary/aromatic N) is 2. The number of hydrogen-bond donors (Lipinski definition) is 0. The molecule has 0 radical (unpaired) electrons. The Morgan fingerprint density at radius 2 is 1.70 bits per heavy atom. The zero-order valence-electron chi connectivity index (χ0n) is 21.3. The summed E-state index contributed by atoms with van der Waals surface area (Å²) >= 11 is 0. The van der Waals surface area contributed by atoms with Crippen LogP contribution in [-0.2, 0) is 4.74 Å². The van der Waals surface area contributed by atoms with E-state index in [-0.39, 0.29) is 17.1 Å². The minimum Gasteiger partial charge on any atom is -0.465 e. The van der Waals surface area contributed by atoms with Crippen LogP contribution in [0.15, 0.2) is 69.9 Å². The van der Waals surface area contributed by atoms with E-state index in [0.29, 0.717) is 28.6 Å². The van der Waals surface area contributed by atoms with Crippen molar-refractivity contribution in [1.29, 1.82) is 0 Å². The molecule has 0 bridgehead atoms. The van der Waals surface area contributed by atoms with E-state index in [2.05, 4.69) is 18.7 Å². The average Bonchev–Trinajstić information content (AvgIpc) is 3.22. The number of hydrogen-bond acceptors (Lipinski definition) is 6. The van der Waals surface area contributed by atoms with Gasteiger partial charge >= 0.3 is 5.97 Å². The number of ether oxygens (including phenoxy) is 1. The van der Waals surface area contributed by atoms with Gasteiger partial charge in [-0.15, -0.1) is 0 Å². The summed E-state index contributed by atoms with van der Waals surface area (Å²) in [6.45, 7) is 7.41. The maximum Gasteiger partial charge on any atom is 0.337 e. The molecule has 1 aromatic heterocycles. The largest absolute Gasteiger partial charge is 0.465 e. The fraction of sp³-hybridized carbons (Fsp3) is 0.300. The van der Waals surface area contributed by atoms with E-state index in [4.69, 9.17) is 9.15 Å². The second kappa shape index (κ2) is 10.2. The van der Waals surface area contributed by atoms with Crippen molar-refractivity contribution < 1.29 is 18.7 Å². The molecule has 1 aliphatic rings. The van der Waals surface area contributed by atoms with Gasteiger partial charge < -0.3 is 19.0 Å². The molecule has 190 valence electrons. The Morgan fingerprint density at radius 1 is 0.973 bits per heavy atom. The van der Waals surface area contributed by atoms with Gasteiger partial charge in [0.25, 0.3) is 5.91 Å². The van der Waals surface area contributed by atoms with E-state index in [1.54, 1.807) is 35.2 Å². The molecule has 7 nitrogen and oxygen atoms in total. The van der Waals surface area contributed by atoms with Gasteiger partial charge in [0.05, 0.1) is 29.7 Å². The number of methoxy groups -OCH3 is 1. The summed E-state index contributed by atoms with van der Waals surface area (Å²) in [7, 11) is 1.33. The van der Waals surface area contributed by atoms with Crippen molar-refractivity contribution in [2.24, 2.45) is 0 Å². The van der Waals surface area contributed by atoms with E-state index in [1.165, 1.54) is 7.11 Å². The van der Waals surface area contributed by atoms with Crippen LogP contribution in [0.3, 0.4) is 0 Å². The van der Waals surface area contributed by atoms with Crippen LogP contribution >= 0.6 is 0 Å². The molecule has 0 saturated carbocycles. The van der Waals surface area contributed by atoms with Gasteiger partial charge in [0.15, 0.2) is 5.43 Å². The van der Waals surface area contributed by atoms with Gasteiger partial charge in [-0.25, -0.2) is 4.79 Å². The van der Waals surface area contributed by atoms with E-state index in [9.17, 15) is 14.4 Å². The van der Waals surface area contributed by atoms with Crippen LogP contribution in [0.25, 0.3) is 21.7 Å². The van der Waals surface area contributed by atoms with Gasteiger partial charge in [0, 0.05) is 11.9 Å². The third-order valence-electron chi connectivity index (χ3n) is 7.27. The first-order valence-electron chi connectivity index (χ1n) is 12.7. The van der Waals surface area contributed by atoms with Gasteiger partial charge in [0.1, 0.15) is 5.58 Å². The average molecular weight is 499 g/mol. The van der Waals surface area contributed by atoms with Crippen LogP contribution < -0.4 is 5.43 Å². The van der Waals surface area contributed by atoms with Crippen molar-refractivity contribution in [3.8, 4) is 0 Å². The topological polar surface area (TPSA) is 80.1 Å². The molecule has 1 unspecified atom stereocenters. The Hall–Kier alpha value is -3.97. The molecule has 0 saturated heterocycles. The molecule has 1 aliphatic heterocycles. The molecule has 0 N–H and O–H groups in total. The molecule has 2 heterocycles. The maximum absolute atomic E-state index is 13.9. The number of esters is 1. The maximum atomic E-state index is 13.9. The Labute approximate surface area is 215 Å². The van der Waals surface area contributed by atoms with Crippen LogP contribution in [0, 0.1) is 0 Å². The first kappa shape index (κ1) is 24.7. The van der Waals surface area contributed by atoms with E-state index in [0.717, 1.165) is 42.4 Å². The third kappa shape index (κ3) is 4.29. The molecule has 37 heavy (non-hydrogen) atoms. The predicted octanol–water partition coefficient (Wildman–Crippen LogP) is 5.01. The molecule has 0 fully saturated rings. The minimum absolute atomic E-state index is 0.0961. The predicted molar refractivity (Wildman–Crippen MR) is 143 cm³/mol. The lowest BCUT2D eigenvalue weighted by Gasteiger charge is -2.26. The molecule has 4 aromatic rings. The standard InChI is InChI=1S/C30H30N2O5/c1-4-31(5-2)17-8-18-32-25(20-11-13-21(14-12-20)30(35)36-3)24-26(33)23-16-15-19-9-6-7-10-22(19)27(23)37-28(24)29(32)34/h6-7,9-16,25H,4-5,8,17-18H2,1-3H3. The lowest BCUT2D eigenvalue weighted by Crippen LogP contribution is -2.33. The molecule has 7 heteroatoms. The second-order valence-corrected chi connectivity index (χ2v) is 9.23. The molecule has 3 aromatic carbocycles. The first-order chi connectivity index (χ1) is 18.0. The van der Waals surface area contributed by atoms with E-state index < -0.39 is 12.0 Å². The Morgan fingerprint density at radius 3 is 2.41 bits per heavy atom. The highest BCUT2D eigenvalue weighted by Gasteiger charge is 2.42. The van der Waals surface area contributed by atoms with Crippen LogP contribution in [0.4, 0.5) is 0 Å². The van der Waals surface area contributed by atoms with Crippen LogP contribution in [-0.4, -0.2) is 55.0 Å². The number of benzene rings is 3. The van der Waals surface area contributed by atoms with Crippen molar-refractivity contribution in [2.75, 3.05) is 33.3 Å². The summed E-state index contributed by atoms with van der Waals surface area (Å²) in [5, 5.41) is 2.19. The monoisotopic (exact) mass is 498 g/mol. The molecule has 0 spiro atoms. The van der Waals surface area contributed by atoms with Gasteiger partial charge in [0.2, 0.25) is 5.76 Å². The number of fused-ring (bicyclic) bond motifs is 4. The third-order valence-corrected chi connectivity index (χ3v) is 7.27. The summed E-state index contributed by atoms with van der Waals surface area (Å²) in [4.78, 5) is 43.7. The van der Waals surface area contributed by atoms with Gasteiger partial charge in [-0.05, 0) is 55.2 Å². The highest BCUT2D eigenvalue weighted by Crippen LogP contribution is 2.39. The molecule has 1 amide bonds. The fourth-order valence-corrected chi connectivity index (χ4v) is 5.25. The highest BCUT2D eigenvalue weighted by atomic mass is 16.5. The molecular formula is C30H30N2O5. The molecular weight excluding hydrogens is 468 g/mol. The second-order valence-electron chi connectivity index (χ2n) is 9.23. The van der Waals surface area contributed by atoms with Crippen LogP contribution in [0.1, 0.15) is 58.3 Å². The van der Waals surface area contributed by atoms with Gasteiger partial charge in [-0.3, -0.25) is 9.59 Å². The zero-order chi connectivity index (χ0) is 26.1. The smallest absolute Gasteiger partial charge is 0.337 e. The Bertz CT molecular complexity index is 1540.